The highest BCUT2D eigenvalue weighted by Gasteiger charge is 2.14. The molecule has 0 bridgehead atoms. The predicted molar refractivity (Wildman–Crippen MR) is 98.4 cm³/mol. The van der Waals surface area contributed by atoms with Crippen LogP contribution >= 0.6 is 0 Å². The topological polar surface area (TPSA) is 105 Å². The zero-order chi connectivity index (χ0) is 19.7. The normalized spacial score (nSPS) is 10.8. The van der Waals surface area contributed by atoms with Gasteiger partial charge in [0.05, 0.1) is 29.6 Å². The molecule has 1 N–H and O–H groups in total. The number of ether oxygens (including phenoxy) is 2. The van der Waals surface area contributed by atoms with Gasteiger partial charge in [0, 0.05) is 6.54 Å². The average molecular weight is 388 g/mol. The minimum Gasteiger partial charge on any atom is -0.494 e. The Balaban J connectivity index is 1.80. The molecule has 27 heavy (non-hydrogen) atoms. The summed E-state index contributed by atoms with van der Waals surface area (Å²) < 4.78 is 37.1. The lowest BCUT2D eigenvalue weighted by atomic mass is 10.1. The molecule has 0 spiro atoms. The zero-order valence-electron chi connectivity index (χ0n) is 14.8. The number of nitriles is 1. The van der Waals surface area contributed by atoms with Crippen LogP contribution in [0.3, 0.4) is 0 Å². The third kappa shape index (κ3) is 6.40. The van der Waals surface area contributed by atoms with Gasteiger partial charge in [0.25, 0.3) is 0 Å². The maximum Gasteiger partial charge on any atom is 0.307 e. The Morgan fingerprint density at radius 2 is 1.93 bits per heavy atom. The molecule has 0 saturated carbocycles. The van der Waals surface area contributed by atoms with E-state index < -0.39 is 16.0 Å². The van der Waals surface area contributed by atoms with Crippen molar-refractivity contribution in [2.45, 2.75) is 24.8 Å². The molecule has 0 aromatic heterocycles. The summed E-state index contributed by atoms with van der Waals surface area (Å²) in [6.07, 6.45) is -0.103. The summed E-state index contributed by atoms with van der Waals surface area (Å²) in [5.74, 6) is 0.0484. The van der Waals surface area contributed by atoms with E-state index in [9.17, 15) is 13.2 Å². The van der Waals surface area contributed by atoms with E-state index in [1.807, 2.05) is 13.0 Å². The van der Waals surface area contributed by atoms with Gasteiger partial charge in [0.1, 0.15) is 12.4 Å². The molecule has 2 rings (SSSR count). The first kappa shape index (κ1) is 20.4. The Morgan fingerprint density at radius 3 is 2.59 bits per heavy atom. The number of nitrogens with zero attached hydrogens (tertiary/aromatic N) is 1. The van der Waals surface area contributed by atoms with Crippen LogP contribution < -0.4 is 9.46 Å². The maximum absolute atomic E-state index is 12.2. The highest BCUT2D eigenvalue weighted by atomic mass is 32.2. The van der Waals surface area contributed by atoms with E-state index in [1.165, 1.54) is 12.1 Å². The Labute approximate surface area is 158 Å². The third-order valence-corrected chi connectivity index (χ3v) is 5.00. The molecule has 8 heteroatoms. The molecule has 0 saturated heterocycles. The van der Waals surface area contributed by atoms with Crippen molar-refractivity contribution in [2.24, 2.45) is 0 Å². The SMILES string of the molecule is CCOc1ccc(S(=O)(=O)NCCC(=O)OCc2cccc(C#N)c2)cc1. The standard InChI is InChI=1S/C19H20N2O5S/c1-2-25-17-6-8-18(9-7-17)27(23,24)21-11-10-19(22)26-14-16-5-3-4-15(12-16)13-20/h3-9,12,21H,2,10-11,14H2,1H3. The number of benzene rings is 2. The second-order valence-corrected chi connectivity index (χ2v) is 7.29. The van der Waals surface area contributed by atoms with Crippen LogP contribution in [-0.2, 0) is 26.2 Å². The smallest absolute Gasteiger partial charge is 0.307 e. The van der Waals surface area contributed by atoms with Crippen LogP contribution in [-0.4, -0.2) is 27.5 Å². The Hall–Kier alpha value is -2.89. The summed E-state index contributed by atoms with van der Waals surface area (Å²) in [5.41, 5.74) is 1.17. The number of carbonyl (C=O) groups is 1. The third-order valence-electron chi connectivity index (χ3n) is 3.52. The van der Waals surface area contributed by atoms with Gasteiger partial charge in [0.2, 0.25) is 10.0 Å². The molecule has 0 aliphatic carbocycles. The second-order valence-electron chi connectivity index (χ2n) is 5.53. The highest BCUT2D eigenvalue weighted by Crippen LogP contribution is 2.15. The van der Waals surface area contributed by atoms with Gasteiger partial charge in [-0.05, 0) is 48.9 Å². The minimum atomic E-state index is -3.71. The van der Waals surface area contributed by atoms with E-state index in [0.717, 1.165) is 0 Å². The number of sulfonamides is 1. The van der Waals surface area contributed by atoms with E-state index in [-0.39, 0.29) is 24.5 Å². The number of hydrogen-bond donors (Lipinski definition) is 1. The minimum absolute atomic E-state index is 0.0278. The fourth-order valence-corrected chi connectivity index (χ4v) is 3.25. The van der Waals surface area contributed by atoms with Crippen LogP contribution in [0.2, 0.25) is 0 Å². The largest absolute Gasteiger partial charge is 0.494 e. The van der Waals surface area contributed by atoms with Crippen molar-refractivity contribution >= 4 is 16.0 Å². The Morgan fingerprint density at radius 1 is 1.19 bits per heavy atom. The van der Waals surface area contributed by atoms with Crippen molar-refractivity contribution < 1.29 is 22.7 Å². The van der Waals surface area contributed by atoms with E-state index in [1.54, 1.807) is 36.4 Å². The van der Waals surface area contributed by atoms with E-state index in [4.69, 9.17) is 14.7 Å². The van der Waals surface area contributed by atoms with Crippen LogP contribution in [0.15, 0.2) is 53.4 Å². The van der Waals surface area contributed by atoms with Crippen molar-refractivity contribution in [3.05, 3.63) is 59.7 Å². The van der Waals surface area contributed by atoms with Gasteiger partial charge in [-0.15, -0.1) is 0 Å². The number of hydrogen-bond acceptors (Lipinski definition) is 6. The molecule has 7 nitrogen and oxygen atoms in total. The predicted octanol–water partition coefficient (Wildman–Crippen LogP) is 2.37. The van der Waals surface area contributed by atoms with Gasteiger partial charge in [-0.25, -0.2) is 13.1 Å². The number of esters is 1. The average Bonchev–Trinajstić information content (AvgIpc) is 2.67. The maximum atomic E-state index is 12.2. The molecule has 0 aliphatic rings. The van der Waals surface area contributed by atoms with E-state index in [2.05, 4.69) is 4.72 Å². The summed E-state index contributed by atoms with van der Waals surface area (Å²) in [6.45, 7) is 2.28. The van der Waals surface area contributed by atoms with Crippen molar-refractivity contribution in [1.82, 2.24) is 4.72 Å². The molecule has 0 heterocycles. The molecule has 2 aromatic rings. The van der Waals surface area contributed by atoms with Gasteiger partial charge in [-0.3, -0.25) is 4.79 Å². The van der Waals surface area contributed by atoms with Crippen LogP contribution in [0.5, 0.6) is 5.75 Å². The molecule has 2 aromatic carbocycles. The lowest BCUT2D eigenvalue weighted by Gasteiger charge is -2.08. The molecule has 0 aliphatic heterocycles. The van der Waals surface area contributed by atoms with Crippen molar-refractivity contribution in [3.8, 4) is 11.8 Å². The number of rotatable bonds is 9. The molecule has 0 amide bonds. The van der Waals surface area contributed by atoms with Crippen LogP contribution in [0, 0.1) is 11.3 Å². The number of carbonyl (C=O) groups excluding carboxylic acids is 1. The summed E-state index contributed by atoms with van der Waals surface area (Å²) in [5, 5.41) is 8.84. The number of nitrogens with one attached hydrogen (secondary N) is 1. The summed E-state index contributed by atoms with van der Waals surface area (Å²) in [4.78, 5) is 11.9. The molecule has 0 fully saturated rings. The summed E-state index contributed by atoms with van der Waals surface area (Å²) >= 11 is 0. The summed E-state index contributed by atoms with van der Waals surface area (Å²) in [6, 6.07) is 14.7. The lowest BCUT2D eigenvalue weighted by molar-refractivity contribution is -0.144. The van der Waals surface area contributed by atoms with E-state index in [0.29, 0.717) is 23.5 Å². The van der Waals surface area contributed by atoms with Crippen LogP contribution in [0.4, 0.5) is 0 Å². The van der Waals surface area contributed by atoms with Gasteiger partial charge in [0.15, 0.2) is 0 Å². The molecular formula is C19H20N2O5S. The molecule has 0 radical (unpaired) electrons. The quantitative estimate of drug-likeness (QED) is 0.661. The highest BCUT2D eigenvalue weighted by molar-refractivity contribution is 7.89. The van der Waals surface area contributed by atoms with Crippen molar-refractivity contribution in [3.63, 3.8) is 0 Å². The van der Waals surface area contributed by atoms with Crippen molar-refractivity contribution in [1.29, 1.82) is 5.26 Å². The Kier molecular flexibility index (Phi) is 7.34. The lowest BCUT2D eigenvalue weighted by Crippen LogP contribution is -2.26. The van der Waals surface area contributed by atoms with E-state index >= 15 is 0 Å². The monoisotopic (exact) mass is 388 g/mol. The van der Waals surface area contributed by atoms with Gasteiger partial charge in [-0.1, -0.05) is 12.1 Å². The molecule has 142 valence electrons. The molecular weight excluding hydrogens is 368 g/mol. The Bertz CT molecular complexity index is 918. The first-order valence-corrected chi connectivity index (χ1v) is 9.80. The first-order valence-electron chi connectivity index (χ1n) is 8.32. The fraction of sp³-hybridized carbons (Fsp3) is 0.263. The summed E-state index contributed by atoms with van der Waals surface area (Å²) in [7, 11) is -3.71. The van der Waals surface area contributed by atoms with Gasteiger partial charge < -0.3 is 9.47 Å². The van der Waals surface area contributed by atoms with Gasteiger partial charge in [-0.2, -0.15) is 5.26 Å². The fourth-order valence-electron chi connectivity index (χ4n) is 2.22. The molecule has 0 unspecified atom stereocenters. The first-order chi connectivity index (χ1) is 12.9. The second kappa shape index (κ2) is 9.71. The molecule has 0 atom stereocenters. The zero-order valence-corrected chi connectivity index (χ0v) is 15.7. The van der Waals surface area contributed by atoms with Crippen LogP contribution in [0.25, 0.3) is 0 Å². The van der Waals surface area contributed by atoms with Crippen molar-refractivity contribution in [2.75, 3.05) is 13.2 Å². The van der Waals surface area contributed by atoms with Crippen LogP contribution in [0.1, 0.15) is 24.5 Å². The van der Waals surface area contributed by atoms with Gasteiger partial charge >= 0.3 is 5.97 Å².